The molecule has 0 aliphatic carbocycles. The molecular formula is C24H36IN5O2. The van der Waals surface area contributed by atoms with Crippen LogP contribution in [0.25, 0.3) is 0 Å². The van der Waals surface area contributed by atoms with Crippen molar-refractivity contribution < 1.29 is 9.21 Å². The average Bonchev–Trinajstić information content (AvgIpc) is 3.23. The Labute approximate surface area is 208 Å². The van der Waals surface area contributed by atoms with Crippen LogP contribution in [0.15, 0.2) is 46.0 Å². The van der Waals surface area contributed by atoms with Gasteiger partial charge in [0.15, 0.2) is 11.7 Å². The number of aryl methyl sites for hydroxylation is 1. The highest BCUT2D eigenvalue weighted by Crippen LogP contribution is 2.13. The van der Waals surface area contributed by atoms with Crippen molar-refractivity contribution in [3.63, 3.8) is 0 Å². The number of carbonyl (C=O) groups is 1. The van der Waals surface area contributed by atoms with E-state index in [1.54, 1.807) is 13.1 Å². The summed E-state index contributed by atoms with van der Waals surface area (Å²) in [4.78, 5) is 18.8. The lowest BCUT2D eigenvalue weighted by Crippen LogP contribution is -2.38. The second-order valence-electron chi connectivity index (χ2n) is 8.05. The number of halogens is 1. The summed E-state index contributed by atoms with van der Waals surface area (Å²) >= 11 is 0. The highest BCUT2D eigenvalue weighted by Gasteiger charge is 2.12. The molecule has 1 amide bonds. The average molecular weight is 553 g/mol. The van der Waals surface area contributed by atoms with Crippen LogP contribution in [0.2, 0.25) is 0 Å². The van der Waals surface area contributed by atoms with Crippen molar-refractivity contribution in [2.75, 3.05) is 33.2 Å². The second kappa shape index (κ2) is 14.2. The van der Waals surface area contributed by atoms with Gasteiger partial charge in [0.05, 0.1) is 6.26 Å². The van der Waals surface area contributed by atoms with Gasteiger partial charge in [-0.05, 0) is 56.5 Å². The number of guanidine groups is 1. The maximum absolute atomic E-state index is 12.0. The fraction of sp³-hybridized carbons (Fsp3) is 0.500. The molecule has 0 saturated carbocycles. The van der Waals surface area contributed by atoms with Crippen molar-refractivity contribution in [3.05, 3.63) is 59.0 Å². The Bertz CT molecular complexity index is 844. The number of hydrogen-bond acceptors (Lipinski definition) is 4. The molecule has 3 rings (SSSR count). The first-order chi connectivity index (χ1) is 15.2. The van der Waals surface area contributed by atoms with E-state index in [9.17, 15) is 4.79 Å². The maximum atomic E-state index is 12.0. The molecule has 8 heteroatoms. The van der Waals surface area contributed by atoms with Crippen LogP contribution < -0.4 is 16.0 Å². The molecule has 1 aliphatic rings. The fourth-order valence-electron chi connectivity index (χ4n) is 3.73. The van der Waals surface area contributed by atoms with E-state index in [0.717, 1.165) is 31.0 Å². The lowest BCUT2D eigenvalue weighted by Gasteiger charge is -2.26. The van der Waals surface area contributed by atoms with Gasteiger partial charge < -0.3 is 20.4 Å². The highest BCUT2D eigenvalue weighted by atomic mass is 127. The zero-order valence-electron chi connectivity index (χ0n) is 19.2. The molecule has 1 aromatic heterocycles. The smallest absolute Gasteiger partial charge is 0.287 e. The predicted octanol–water partition coefficient (Wildman–Crippen LogP) is 3.68. The van der Waals surface area contributed by atoms with Gasteiger partial charge in [0.1, 0.15) is 0 Å². The normalized spacial score (nSPS) is 14.5. The molecule has 0 spiro atoms. The Morgan fingerprint density at radius 2 is 1.69 bits per heavy atom. The van der Waals surface area contributed by atoms with Gasteiger partial charge in [-0.15, -0.1) is 24.0 Å². The largest absolute Gasteiger partial charge is 0.459 e. The standard InChI is InChI=1S/C24H35N5O2.HI/c1-19-11-16-31-22(19)23(30)26-12-6-13-27-24(25-2)28-17-20-7-9-21(10-8-20)18-29-14-4-3-5-15-29;/h7-11,16H,3-6,12-15,17-18H2,1-2H3,(H,26,30)(H2,25,27,28);1H. The van der Waals surface area contributed by atoms with E-state index in [-0.39, 0.29) is 29.9 Å². The van der Waals surface area contributed by atoms with Gasteiger partial charge in [-0.1, -0.05) is 30.7 Å². The molecule has 1 aromatic carbocycles. The van der Waals surface area contributed by atoms with E-state index < -0.39 is 0 Å². The zero-order chi connectivity index (χ0) is 21.9. The topological polar surface area (TPSA) is 81.9 Å². The molecule has 0 bridgehead atoms. The summed E-state index contributed by atoms with van der Waals surface area (Å²) in [6.07, 6.45) is 6.34. The number of benzene rings is 1. The van der Waals surface area contributed by atoms with Gasteiger partial charge in [0.25, 0.3) is 5.91 Å². The van der Waals surface area contributed by atoms with Crippen LogP contribution in [-0.2, 0) is 13.1 Å². The molecule has 1 fully saturated rings. The molecule has 0 atom stereocenters. The maximum Gasteiger partial charge on any atom is 0.287 e. The summed E-state index contributed by atoms with van der Waals surface area (Å²) < 4.78 is 5.20. The predicted molar refractivity (Wildman–Crippen MR) is 140 cm³/mol. The molecule has 1 aliphatic heterocycles. The van der Waals surface area contributed by atoms with Crippen LogP contribution in [0.4, 0.5) is 0 Å². The third kappa shape index (κ3) is 8.46. The third-order valence-corrected chi connectivity index (χ3v) is 5.56. The minimum Gasteiger partial charge on any atom is -0.459 e. The minimum atomic E-state index is -0.172. The Morgan fingerprint density at radius 3 is 2.34 bits per heavy atom. The van der Waals surface area contributed by atoms with Crippen LogP contribution >= 0.6 is 24.0 Å². The number of aliphatic imine (C=N–C) groups is 1. The van der Waals surface area contributed by atoms with E-state index in [2.05, 4.69) is 50.1 Å². The van der Waals surface area contributed by atoms with E-state index in [4.69, 9.17) is 4.42 Å². The molecule has 3 N–H and O–H groups in total. The molecular weight excluding hydrogens is 517 g/mol. The Morgan fingerprint density at radius 1 is 1.00 bits per heavy atom. The summed E-state index contributed by atoms with van der Waals surface area (Å²) in [5, 5.41) is 9.50. The van der Waals surface area contributed by atoms with Crippen molar-refractivity contribution in [2.45, 2.75) is 45.7 Å². The Kier molecular flexibility index (Phi) is 11.6. The fourth-order valence-corrected chi connectivity index (χ4v) is 3.73. The molecule has 1 saturated heterocycles. The first-order valence-electron chi connectivity index (χ1n) is 11.2. The van der Waals surface area contributed by atoms with Gasteiger partial charge in [-0.25, -0.2) is 0 Å². The van der Waals surface area contributed by atoms with Gasteiger partial charge in [0.2, 0.25) is 0 Å². The van der Waals surface area contributed by atoms with E-state index in [1.165, 1.54) is 49.7 Å². The van der Waals surface area contributed by atoms with Crippen LogP contribution in [0, 0.1) is 6.92 Å². The number of carbonyl (C=O) groups excluding carboxylic acids is 1. The van der Waals surface area contributed by atoms with E-state index in [0.29, 0.717) is 18.8 Å². The summed E-state index contributed by atoms with van der Waals surface area (Å²) in [5.41, 5.74) is 3.45. The Hall–Kier alpha value is -2.07. The number of rotatable bonds is 9. The quantitative estimate of drug-likeness (QED) is 0.191. The first kappa shape index (κ1) is 26.2. The molecule has 7 nitrogen and oxygen atoms in total. The number of amides is 1. The van der Waals surface area contributed by atoms with Gasteiger partial charge >= 0.3 is 0 Å². The van der Waals surface area contributed by atoms with Gasteiger partial charge in [0, 0.05) is 38.8 Å². The first-order valence-corrected chi connectivity index (χ1v) is 11.2. The number of nitrogens with one attached hydrogen (secondary N) is 3. The number of piperidine rings is 1. The minimum absolute atomic E-state index is 0. The lowest BCUT2D eigenvalue weighted by molar-refractivity contribution is 0.0925. The molecule has 0 unspecified atom stereocenters. The number of nitrogens with zero attached hydrogens (tertiary/aromatic N) is 2. The summed E-state index contributed by atoms with van der Waals surface area (Å²) in [6, 6.07) is 10.6. The number of hydrogen-bond donors (Lipinski definition) is 3. The highest BCUT2D eigenvalue weighted by molar-refractivity contribution is 14.0. The van der Waals surface area contributed by atoms with E-state index >= 15 is 0 Å². The van der Waals surface area contributed by atoms with Crippen molar-refractivity contribution in [1.82, 2.24) is 20.9 Å². The van der Waals surface area contributed by atoms with Gasteiger partial charge in [-0.3, -0.25) is 14.7 Å². The van der Waals surface area contributed by atoms with Crippen molar-refractivity contribution in [2.24, 2.45) is 4.99 Å². The SMILES string of the molecule is CN=C(NCCCNC(=O)c1occc1C)NCc1ccc(CN2CCCCC2)cc1.I. The lowest BCUT2D eigenvalue weighted by atomic mass is 10.1. The van der Waals surface area contributed by atoms with Crippen molar-refractivity contribution >= 4 is 35.8 Å². The van der Waals surface area contributed by atoms with Crippen LogP contribution in [0.3, 0.4) is 0 Å². The van der Waals surface area contributed by atoms with Gasteiger partial charge in [-0.2, -0.15) is 0 Å². The molecule has 2 heterocycles. The number of likely N-dealkylation sites (tertiary alicyclic amines) is 1. The van der Waals surface area contributed by atoms with E-state index in [1.807, 2.05) is 6.92 Å². The van der Waals surface area contributed by atoms with Crippen LogP contribution in [-0.4, -0.2) is 50.0 Å². The molecule has 32 heavy (non-hydrogen) atoms. The van der Waals surface area contributed by atoms with Crippen LogP contribution in [0.1, 0.15) is 52.9 Å². The Balaban J connectivity index is 0.00000363. The number of furan rings is 1. The third-order valence-electron chi connectivity index (χ3n) is 5.56. The second-order valence-corrected chi connectivity index (χ2v) is 8.05. The summed E-state index contributed by atoms with van der Waals surface area (Å²) in [7, 11) is 1.76. The monoisotopic (exact) mass is 553 g/mol. The molecule has 0 radical (unpaired) electrons. The summed E-state index contributed by atoms with van der Waals surface area (Å²) in [5.74, 6) is 0.965. The van der Waals surface area contributed by atoms with Crippen molar-refractivity contribution in [1.29, 1.82) is 0 Å². The van der Waals surface area contributed by atoms with Crippen molar-refractivity contribution in [3.8, 4) is 0 Å². The molecule has 2 aromatic rings. The van der Waals surface area contributed by atoms with Crippen LogP contribution in [0.5, 0.6) is 0 Å². The molecule has 176 valence electrons. The summed E-state index contributed by atoms with van der Waals surface area (Å²) in [6.45, 7) is 7.35. The zero-order valence-corrected chi connectivity index (χ0v) is 21.5.